The Bertz CT molecular complexity index is 660. The molecule has 2 aliphatic rings. The Kier molecular flexibility index (Phi) is 1.77. The van der Waals surface area contributed by atoms with Gasteiger partial charge in [-0.1, -0.05) is 42.5 Å². The summed E-state index contributed by atoms with van der Waals surface area (Å²) in [5, 5.41) is 0. The fourth-order valence-corrected chi connectivity index (χ4v) is 3.11. The first-order chi connectivity index (χ1) is 8.78. The summed E-state index contributed by atoms with van der Waals surface area (Å²) in [4.78, 5) is 12.1. The summed E-state index contributed by atoms with van der Waals surface area (Å²) in [5.74, 6) is -0.189. The number of fused-ring (bicyclic) bond motifs is 3. The summed E-state index contributed by atoms with van der Waals surface area (Å²) >= 11 is 0. The maximum absolute atomic E-state index is 12.1. The van der Waals surface area contributed by atoms with E-state index in [-0.39, 0.29) is 5.97 Å². The summed E-state index contributed by atoms with van der Waals surface area (Å²) in [5.41, 5.74) is 3.88. The van der Waals surface area contributed by atoms with E-state index in [4.69, 9.17) is 4.74 Å². The van der Waals surface area contributed by atoms with Gasteiger partial charge in [-0.25, -0.2) is 4.79 Å². The predicted molar refractivity (Wildman–Crippen MR) is 67.4 cm³/mol. The summed E-state index contributed by atoms with van der Waals surface area (Å²) in [6.45, 7) is 0. The molecule has 0 bridgehead atoms. The molecule has 4 rings (SSSR count). The van der Waals surface area contributed by atoms with E-state index in [9.17, 15) is 4.79 Å². The number of esters is 1. The minimum absolute atomic E-state index is 0.189. The van der Waals surface area contributed by atoms with Gasteiger partial charge >= 0.3 is 5.97 Å². The van der Waals surface area contributed by atoms with E-state index in [1.54, 1.807) is 0 Å². The Morgan fingerprint density at radius 1 is 0.889 bits per heavy atom. The lowest BCUT2D eigenvalue weighted by Gasteiger charge is -2.45. The molecular formula is C16H12O2. The van der Waals surface area contributed by atoms with Gasteiger partial charge in [0, 0.05) is 12.8 Å². The van der Waals surface area contributed by atoms with Crippen molar-refractivity contribution in [3.05, 3.63) is 70.8 Å². The lowest BCUT2D eigenvalue weighted by molar-refractivity contribution is -0.0412. The van der Waals surface area contributed by atoms with Crippen LogP contribution in [0.2, 0.25) is 0 Å². The Balaban J connectivity index is 1.83. The first-order valence-electron chi connectivity index (χ1n) is 6.18. The van der Waals surface area contributed by atoms with E-state index in [2.05, 4.69) is 12.1 Å². The third kappa shape index (κ3) is 1.15. The summed E-state index contributed by atoms with van der Waals surface area (Å²) in [7, 11) is 0. The van der Waals surface area contributed by atoms with Crippen LogP contribution in [-0.4, -0.2) is 5.97 Å². The van der Waals surface area contributed by atoms with Gasteiger partial charge in [-0.2, -0.15) is 0 Å². The molecule has 88 valence electrons. The number of benzene rings is 2. The zero-order chi connectivity index (χ0) is 12.2. The molecule has 2 aromatic rings. The zero-order valence-electron chi connectivity index (χ0n) is 9.85. The van der Waals surface area contributed by atoms with Crippen molar-refractivity contribution >= 4 is 5.97 Å². The lowest BCUT2D eigenvalue weighted by atomic mass is 9.68. The summed E-state index contributed by atoms with van der Waals surface area (Å²) in [6, 6.07) is 15.9. The van der Waals surface area contributed by atoms with Crippen molar-refractivity contribution in [1.82, 2.24) is 0 Å². The second-order valence-electron chi connectivity index (χ2n) is 5.05. The smallest absolute Gasteiger partial charge is 0.339 e. The van der Waals surface area contributed by atoms with E-state index in [0.717, 1.165) is 18.4 Å². The summed E-state index contributed by atoms with van der Waals surface area (Å²) in [6.07, 6.45) is 1.63. The maximum Gasteiger partial charge on any atom is 0.339 e. The number of carbonyl (C=O) groups excluding carboxylic acids is 1. The van der Waals surface area contributed by atoms with Gasteiger partial charge in [-0.05, 0) is 22.8 Å². The molecule has 1 spiro atoms. The van der Waals surface area contributed by atoms with Crippen molar-refractivity contribution in [3.63, 3.8) is 0 Å². The molecule has 1 aliphatic carbocycles. The molecule has 0 fully saturated rings. The van der Waals surface area contributed by atoms with Crippen LogP contribution in [0.4, 0.5) is 0 Å². The van der Waals surface area contributed by atoms with Crippen LogP contribution < -0.4 is 0 Å². The number of carbonyl (C=O) groups is 1. The molecule has 0 aromatic heterocycles. The van der Waals surface area contributed by atoms with Crippen LogP contribution in [-0.2, 0) is 23.2 Å². The van der Waals surface area contributed by atoms with Crippen LogP contribution in [0, 0.1) is 0 Å². The van der Waals surface area contributed by atoms with Crippen LogP contribution in [0.15, 0.2) is 48.5 Å². The maximum atomic E-state index is 12.1. The molecule has 2 aromatic carbocycles. The SMILES string of the molecule is O=C1O[C@]2(Cc3ccccc31)Cc1ccccc12. The Morgan fingerprint density at radius 2 is 1.56 bits per heavy atom. The van der Waals surface area contributed by atoms with E-state index in [1.807, 2.05) is 36.4 Å². The minimum Gasteiger partial charge on any atom is -0.450 e. The Hall–Kier alpha value is -2.09. The first-order valence-corrected chi connectivity index (χ1v) is 6.18. The van der Waals surface area contributed by atoms with Crippen molar-refractivity contribution in [3.8, 4) is 0 Å². The standard InChI is InChI=1S/C16H12O2/c17-15-13-7-3-1-5-11(13)9-16(18-15)10-12-6-2-4-8-14(12)16/h1-8H,9-10H2/t16-/m1/s1. The molecule has 1 heterocycles. The number of rotatable bonds is 0. The normalized spacial score (nSPS) is 23.9. The molecule has 2 nitrogen and oxygen atoms in total. The quantitative estimate of drug-likeness (QED) is 0.657. The average molecular weight is 236 g/mol. The zero-order valence-corrected chi connectivity index (χ0v) is 9.85. The second kappa shape index (κ2) is 3.22. The van der Waals surface area contributed by atoms with E-state index < -0.39 is 5.60 Å². The van der Waals surface area contributed by atoms with Crippen molar-refractivity contribution in [2.45, 2.75) is 18.4 Å². The largest absolute Gasteiger partial charge is 0.450 e. The summed E-state index contributed by atoms with van der Waals surface area (Å²) < 4.78 is 5.72. The van der Waals surface area contributed by atoms with Crippen LogP contribution in [0.3, 0.4) is 0 Å². The van der Waals surface area contributed by atoms with Crippen LogP contribution >= 0.6 is 0 Å². The third-order valence-corrected chi connectivity index (χ3v) is 3.99. The highest BCUT2D eigenvalue weighted by molar-refractivity contribution is 5.93. The van der Waals surface area contributed by atoms with Gasteiger partial charge in [0.05, 0.1) is 5.56 Å². The topological polar surface area (TPSA) is 26.3 Å². The van der Waals surface area contributed by atoms with Crippen LogP contribution in [0.1, 0.15) is 27.0 Å². The van der Waals surface area contributed by atoms with Crippen molar-refractivity contribution < 1.29 is 9.53 Å². The van der Waals surface area contributed by atoms with Gasteiger partial charge in [-0.15, -0.1) is 0 Å². The van der Waals surface area contributed by atoms with E-state index in [0.29, 0.717) is 5.56 Å². The molecule has 0 saturated carbocycles. The van der Waals surface area contributed by atoms with E-state index in [1.165, 1.54) is 11.1 Å². The fourth-order valence-electron chi connectivity index (χ4n) is 3.11. The van der Waals surface area contributed by atoms with Gasteiger partial charge in [0.25, 0.3) is 0 Å². The monoisotopic (exact) mass is 236 g/mol. The molecule has 0 amide bonds. The molecule has 1 atom stereocenters. The molecule has 0 saturated heterocycles. The molecule has 0 unspecified atom stereocenters. The fraction of sp³-hybridized carbons (Fsp3) is 0.188. The second-order valence-corrected chi connectivity index (χ2v) is 5.05. The number of ether oxygens (including phenoxy) is 1. The molecule has 18 heavy (non-hydrogen) atoms. The van der Waals surface area contributed by atoms with Crippen molar-refractivity contribution in [2.75, 3.05) is 0 Å². The lowest BCUT2D eigenvalue weighted by Crippen LogP contribution is -2.47. The van der Waals surface area contributed by atoms with Crippen LogP contribution in [0.5, 0.6) is 0 Å². The van der Waals surface area contributed by atoms with Crippen molar-refractivity contribution in [1.29, 1.82) is 0 Å². The Labute approximate surface area is 105 Å². The average Bonchev–Trinajstić information content (AvgIpc) is 2.38. The van der Waals surface area contributed by atoms with Crippen LogP contribution in [0.25, 0.3) is 0 Å². The molecule has 0 radical (unpaired) electrons. The van der Waals surface area contributed by atoms with Gasteiger partial charge < -0.3 is 4.74 Å². The Morgan fingerprint density at radius 3 is 2.39 bits per heavy atom. The molecule has 2 heteroatoms. The van der Waals surface area contributed by atoms with Gasteiger partial charge in [-0.3, -0.25) is 0 Å². The van der Waals surface area contributed by atoms with Gasteiger partial charge in [0.1, 0.15) is 5.60 Å². The third-order valence-electron chi connectivity index (χ3n) is 3.99. The first kappa shape index (κ1) is 9.89. The highest BCUT2D eigenvalue weighted by atomic mass is 16.6. The van der Waals surface area contributed by atoms with Gasteiger partial charge in [0.15, 0.2) is 0 Å². The molecular weight excluding hydrogens is 224 g/mol. The molecule has 1 aliphatic heterocycles. The van der Waals surface area contributed by atoms with Crippen molar-refractivity contribution in [2.24, 2.45) is 0 Å². The highest BCUT2D eigenvalue weighted by Crippen LogP contribution is 2.47. The predicted octanol–water partition coefficient (Wildman–Crippen LogP) is 2.85. The van der Waals surface area contributed by atoms with Gasteiger partial charge in [0.2, 0.25) is 0 Å². The molecule has 0 N–H and O–H groups in total. The minimum atomic E-state index is -0.401. The highest BCUT2D eigenvalue weighted by Gasteiger charge is 2.49. The van der Waals surface area contributed by atoms with E-state index >= 15 is 0 Å². The number of hydrogen-bond acceptors (Lipinski definition) is 2. The number of hydrogen-bond donors (Lipinski definition) is 0.